The fourth-order valence-corrected chi connectivity index (χ4v) is 10.2. The van der Waals surface area contributed by atoms with Gasteiger partial charge in [0.25, 0.3) is 23.2 Å². The maximum atomic E-state index is 13.8. The monoisotopic (exact) mass is 1890 g/mol. The van der Waals surface area contributed by atoms with E-state index in [1.54, 1.807) is 107 Å². The van der Waals surface area contributed by atoms with E-state index in [1.807, 2.05) is 27.7 Å². The fraction of sp³-hybridized carbons (Fsp3) is 0.187. The van der Waals surface area contributed by atoms with Crippen LogP contribution in [0.1, 0.15) is 99.1 Å². The molecule has 0 aliphatic rings. The van der Waals surface area contributed by atoms with Crippen LogP contribution in [0.5, 0.6) is 23.0 Å². The third-order valence-corrected chi connectivity index (χ3v) is 16.4. The summed E-state index contributed by atoms with van der Waals surface area (Å²) in [5, 5.41) is 36.3. The van der Waals surface area contributed by atoms with Crippen LogP contribution in [0.3, 0.4) is 0 Å². The van der Waals surface area contributed by atoms with Gasteiger partial charge in [-0.1, -0.05) is 30.3 Å². The Morgan fingerprint density at radius 3 is 1.26 bits per heavy atom. The first kappa shape index (κ1) is 104. The van der Waals surface area contributed by atoms with Crippen molar-refractivity contribution in [2.75, 3.05) is 34.2 Å². The van der Waals surface area contributed by atoms with Crippen LogP contribution in [-0.2, 0) is 41.1 Å². The van der Waals surface area contributed by atoms with E-state index in [0.29, 0.717) is 73.4 Å². The van der Waals surface area contributed by atoms with Gasteiger partial charge in [0, 0.05) is 98.5 Å². The number of nitrogen functional groups attached to an aromatic ring is 1. The summed E-state index contributed by atoms with van der Waals surface area (Å²) in [6.45, 7) is 13.8. The summed E-state index contributed by atoms with van der Waals surface area (Å²) in [7, 11) is 5.24. The van der Waals surface area contributed by atoms with Crippen LogP contribution in [0, 0.1) is 78.7 Å². The van der Waals surface area contributed by atoms with E-state index in [9.17, 15) is 66.1 Å². The largest absolute Gasteiger partial charge is 1.00 e. The molecule has 0 fully saturated rings. The first-order chi connectivity index (χ1) is 51.0. The molecule has 111 heavy (non-hydrogen) atoms. The zero-order valence-electron chi connectivity index (χ0n) is 62.9. The number of anilines is 1. The van der Waals surface area contributed by atoms with Crippen molar-refractivity contribution >= 4 is 120 Å². The van der Waals surface area contributed by atoms with E-state index in [1.165, 1.54) is 78.5 Å². The number of carbonyl (C=O) groups excluding carboxylic acids is 5. The molecule has 10 rings (SSSR count). The Morgan fingerprint density at radius 2 is 0.892 bits per heavy atom. The number of benzene rings is 6. The van der Waals surface area contributed by atoms with Crippen molar-refractivity contribution in [3.63, 3.8) is 0 Å². The number of nitrogens with two attached hydrogens (primary N) is 1. The Kier molecular flexibility index (Phi) is 48.3. The predicted molar refractivity (Wildman–Crippen MR) is 416 cm³/mol. The van der Waals surface area contributed by atoms with Crippen molar-refractivity contribution in [2.24, 2.45) is 0 Å². The number of methoxy groups -OCH3 is 4. The van der Waals surface area contributed by atoms with Crippen LogP contribution in [0.2, 0.25) is 0 Å². The summed E-state index contributed by atoms with van der Waals surface area (Å²) in [6.07, 6.45) is 0. The standard InChI is InChI=1S/C22H18BrF2NO4.C15H14BrNO4.C15H15NO4.C9H11NO2.C7H5ClF2.C6H6O3.CH2O3.Br2.ClH.2K.H/c1-12-4-5-14(22(28)29-3)9-18(12)26-13(2)8-19(20(23)21(26)27)30-11-15-6-7-16(24)10-17(15)25;1-8-4-5-10(15(20)21-3)7-11(8)17-9(2)6-12(18)13(16)14(17)19;1-9-4-5-11(15(19)20-3)7-13(9)16-10(2)6-12(17)8-14(16)18;1-6-3-4-7(5-8(6)10)9(11)12-2;8-4-5-1-2-6(9)3-7(5)10;1-4-2-5(7)3-6(8)9-4;2-1-4-3;1-2;;;;/h4-10H,11H2,1-3H3;4-7,18H,1-3H3;4-8,17H,1-3H3;3-5H,10H2,1-2H3;1-3H,4H2;2-3,7H,1H3;1,3H;;1H;;;/q;;;;;;;;;2*+1;-1/p-1. The van der Waals surface area contributed by atoms with E-state index in [0.717, 1.165) is 52.6 Å². The van der Waals surface area contributed by atoms with E-state index in [-0.39, 0.29) is 185 Å². The first-order valence-electron chi connectivity index (χ1n) is 30.7. The van der Waals surface area contributed by atoms with Crippen LogP contribution in [-0.4, -0.2) is 87.8 Å². The number of hydrogen-bond acceptors (Lipinski definition) is 21. The Balaban J connectivity index is 0. The van der Waals surface area contributed by atoms with Gasteiger partial charge in [-0.15, -0.1) is 24.0 Å². The maximum absolute atomic E-state index is 13.8. The summed E-state index contributed by atoms with van der Waals surface area (Å²) in [5.41, 5.74) is 13.3. The zero-order valence-corrected chi connectivity index (χ0v) is 76.0. The third-order valence-electron chi connectivity index (χ3n) is 14.6. The average molecular weight is 1890 g/mol. The van der Waals surface area contributed by atoms with Crippen LogP contribution in [0.15, 0.2) is 178 Å². The van der Waals surface area contributed by atoms with Crippen molar-refractivity contribution in [2.45, 2.75) is 67.9 Å². The molecule has 24 nitrogen and oxygen atoms in total. The summed E-state index contributed by atoms with van der Waals surface area (Å²) in [6, 6.07) is 34.7. The van der Waals surface area contributed by atoms with Gasteiger partial charge in [-0.2, -0.15) is 0 Å². The van der Waals surface area contributed by atoms with Gasteiger partial charge in [0.2, 0.25) is 0 Å². The average Bonchev–Trinajstić information content (AvgIpc) is 0.790. The maximum Gasteiger partial charge on any atom is 1.00 e. The molecule has 0 unspecified atom stereocenters. The number of rotatable bonds is 12. The molecule has 0 aliphatic heterocycles. The molecule has 10 aromatic rings. The molecule has 6 aromatic carbocycles. The molecule has 0 spiro atoms. The molecule has 0 saturated carbocycles. The number of halogens is 10. The minimum absolute atomic E-state index is 0. The van der Waals surface area contributed by atoms with Gasteiger partial charge in [-0.3, -0.25) is 32.9 Å². The second kappa shape index (κ2) is 51.6. The van der Waals surface area contributed by atoms with Crippen molar-refractivity contribution in [3.8, 4) is 40.1 Å². The normalized spacial score (nSPS) is 9.68. The molecule has 0 saturated heterocycles. The second-order valence-electron chi connectivity index (χ2n) is 22.1. The van der Waals surface area contributed by atoms with E-state index >= 15 is 0 Å². The first-order valence-corrected chi connectivity index (χ1v) is 36.6. The Morgan fingerprint density at radius 1 is 0.523 bits per heavy atom. The van der Waals surface area contributed by atoms with Crippen LogP contribution in [0.4, 0.5) is 23.2 Å². The van der Waals surface area contributed by atoms with Crippen LogP contribution >= 0.6 is 84.1 Å². The van der Waals surface area contributed by atoms with Gasteiger partial charge in [0.05, 0.1) is 79.7 Å². The van der Waals surface area contributed by atoms with Crippen molar-refractivity contribution in [3.05, 3.63) is 298 Å². The Bertz CT molecular complexity index is 5120. The Hall–Kier alpha value is -7.08. The third kappa shape index (κ3) is 31.3. The van der Waals surface area contributed by atoms with Crippen molar-refractivity contribution in [1.82, 2.24) is 13.7 Å². The molecule has 0 atom stereocenters. The molecule has 0 radical (unpaired) electrons. The van der Waals surface area contributed by atoms with E-state index in [4.69, 9.17) is 46.7 Å². The molecule has 36 heteroatoms. The number of pyridine rings is 3. The van der Waals surface area contributed by atoms with Gasteiger partial charge >= 0.3 is 132 Å². The topological polar surface area (TPSA) is 347 Å². The number of aryl methyl sites for hydroxylation is 8. The van der Waals surface area contributed by atoms with E-state index < -0.39 is 57.9 Å². The molecule has 0 amide bonds. The van der Waals surface area contributed by atoms with Crippen LogP contribution in [0.25, 0.3) is 17.1 Å². The second-order valence-corrected chi connectivity index (χ2v) is 24.0. The van der Waals surface area contributed by atoms with Crippen LogP contribution < -0.4 is 141 Å². The molecule has 0 bridgehead atoms. The minimum Gasteiger partial charge on any atom is -1.00 e. The van der Waals surface area contributed by atoms with Gasteiger partial charge in [0.1, 0.15) is 67.6 Å². The molecule has 5 N–H and O–H groups in total. The van der Waals surface area contributed by atoms with Gasteiger partial charge in [0.15, 0.2) is 0 Å². The summed E-state index contributed by atoms with van der Waals surface area (Å²) >= 11 is 17.1. The number of nitrogens with zero attached hydrogens (tertiary/aromatic N) is 3. The number of carbonyl (C=O) groups is 5. The van der Waals surface area contributed by atoms with Gasteiger partial charge in [-0.25, -0.2) is 41.5 Å². The number of alkyl halides is 1. The minimum atomic E-state index is -0.730. The molecular weight excluding hydrogens is 1820 g/mol. The predicted octanol–water partition coefficient (Wildman–Crippen LogP) is 8.91. The zero-order chi connectivity index (χ0) is 81.6. The summed E-state index contributed by atoms with van der Waals surface area (Å²) in [4.78, 5) is 105. The quantitative estimate of drug-likeness (QED) is 0.0102. The number of aromatic nitrogens is 3. The summed E-state index contributed by atoms with van der Waals surface area (Å²) in [5.74, 6) is -3.91. The SMILES string of the molecule is BrBr.COC(=O)c1ccc(C)c(-n2c(C)cc(O)c(Br)c2=O)c1.COC(=O)c1ccc(C)c(-n2c(C)cc(O)cc2=O)c1.COC(=O)c1ccc(C)c(-n2c(C)cc(OCc3ccc(F)cc3F)c(Br)c2=O)c1.COC(=O)c1ccc(C)c(N)c1.Cc1cc(O)cc(=O)o1.Cl.Fc1ccc(CCl)c(F)c1.O=CO[O-].[H-].[K+].[K+]. The molecule has 4 heterocycles. The number of aromatic hydroxyl groups is 3. The summed E-state index contributed by atoms with van der Waals surface area (Å²) < 4.78 is 85.0. The van der Waals surface area contributed by atoms with Crippen molar-refractivity contribution in [1.29, 1.82) is 0 Å². The molecule has 584 valence electrons. The molecule has 0 aliphatic carbocycles. The van der Waals surface area contributed by atoms with E-state index in [2.05, 4.69) is 78.9 Å². The fourth-order valence-electron chi connectivity index (χ4n) is 9.26. The smallest absolute Gasteiger partial charge is 1.00 e. The molecular formula is C75H72Br4Cl2F4K2N4O20. The van der Waals surface area contributed by atoms with Gasteiger partial charge in [-0.05, 0) is 182 Å². The molecule has 4 aromatic heterocycles. The van der Waals surface area contributed by atoms with Gasteiger partial charge < -0.3 is 60.7 Å². The number of hydrogen-bond donors (Lipinski definition) is 4. The number of ether oxygens (including phenoxy) is 5. The Labute approximate surface area is 763 Å². The number of esters is 4. The van der Waals surface area contributed by atoms with Crippen molar-refractivity contribution < 1.29 is 199 Å².